The van der Waals surface area contributed by atoms with Gasteiger partial charge in [0, 0.05) is 46.4 Å². The SMILES string of the molecule is CCO[Si](CCCN(C)C(C)=O)(OCC)OCC. The van der Waals surface area contributed by atoms with Gasteiger partial charge in [0.1, 0.15) is 0 Å². The topological polar surface area (TPSA) is 48.0 Å². The summed E-state index contributed by atoms with van der Waals surface area (Å²) in [5, 5.41) is 0. The molecule has 0 atom stereocenters. The predicted molar refractivity (Wildman–Crippen MR) is 73.4 cm³/mol. The number of rotatable bonds is 10. The van der Waals surface area contributed by atoms with Crippen LogP contribution in [0.25, 0.3) is 0 Å². The van der Waals surface area contributed by atoms with Crippen molar-refractivity contribution in [2.75, 3.05) is 33.4 Å². The minimum atomic E-state index is -2.54. The molecule has 5 nitrogen and oxygen atoms in total. The second kappa shape index (κ2) is 9.49. The van der Waals surface area contributed by atoms with Crippen LogP contribution < -0.4 is 0 Å². The van der Waals surface area contributed by atoms with Crippen LogP contribution in [0.3, 0.4) is 0 Å². The van der Waals surface area contributed by atoms with Crippen LogP contribution in [-0.2, 0) is 18.1 Å². The lowest BCUT2D eigenvalue weighted by molar-refractivity contribution is -0.127. The van der Waals surface area contributed by atoms with Crippen LogP contribution in [0.2, 0.25) is 6.04 Å². The third-order valence-electron chi connectivity index (χ3n) is 2.61. The Kier molecular flexibility index (Phi) is 9.26. The van der Waals surface area contributed by atoms with E-state index in [1.807, 2.05) is 20.8 Å². The molecule has 0 spiro atoms. The van der Waals surface area contributed by atoms with Crippen molar-refractivity contribution in [3.8, 4) is 0 Å². The zero-order chi connectivity index (χ0) is 14.0. The Balaban J connectivity index is 4.33. The second-order valence-corrected chi connectivity index (χ2v) is 6.76. The molecule has 0 aliphatic carbocycles. The molecule has 0 aliphatic rings. The normalized spacial score (nSPS) is 11.6. The van der Waals surface area contributed by atoms with Crippen molar-refractivity contribution in [1.82, 2.24) is 4.90 Å². The van der Waals surface area contributed by atoms with Gasteiger partial charge < -0.3 is 18.2 Å². The van der Waals surface area contributed by atoms with Crippen molar-refractivity contribution < 1.29 is 18.1 Å². The maximum Gasteiger partial charge on any atom is 0.500 e. The molecule has 0 heterocycles. The van der Waals surface area contributed by atoms with Crippen molar-refractivity contribution in [2.45, 2.75) is 40.2 Å². The summed E-state index contributed by atoms with van der Waals surface area (Å²) in [5.74, 6) is 0.0755. The van der Waals surface area contributed by atoms with Crippen LogP contribution in [-0.4, -0.2) is 53.0 Å². The zero-order valence-corrected chi connectivity index (χ0v) is 13.3. The summed E-state index contributed by atoms with van der Waals surface area (Å²) in [5.41, 5.74) is 0. The third kappa shape index (κ3) is 6.49. The zero-order valence-electron chi connectivity index (χ0n) is 12.3. The fraction of sp³-hybridized carbons (Fsp3) is 0.917. The first-order valence-electron chi connectivity index (χ1n) is 6.64. The summed E-state index contributed by atoms with van der Waals surface area (Å²) in [6.45, 7) is 9.89. The van der Waals surface area contributed by atoms with Crippen molar-refractivity contribution in [1.29, 1.82) is 0 Å². The average Bonchev–Trinajstić information content (AvgIpc) is 2.29. The van der Waals surface area contributed by atoms with Gasteiger partial charge in [-0.15, -0.1) is 0 Å². The van der Waals surface area contributed by atoms with Crippen LogP contribution in [0.1, 0.15) is 34.1 Å². The lowest BCUT2D eigenvalue weighted by Crippen LogP contribution is -2.46. The van der Waals surface area contributed by atoms with E-state index in [0.717, 1.165) is 12.5 Å². The minimum Gasteiger partial charge on any atom is -0.374 e. The van der Waals surface area contributed by atoms with Gasteiger partial charge in [-0.25, -0.2) is 0 Å². The molecule has 18 heavy (non-hydrogen) atoms. The Morgan fingerprint density at radius 1 is 1.06 bits per heavy atom. The molecule has 0 fully saturated rings. The fourth-order valence-electron chi connectivity index (χ4n) is 1.69. The van der Waals surface area contributed by atoms with E-state index >= 15 is 0 Å². The number of hydrogen-bond donors (Lipinski definition) is 0. The van der Waals surface area contributed by atoms with Gasteiger partial charge in [-0.2, -0.15) is 0 Å². The van der Waals surface area contributed by atoms with Crippen LogP contribution >= 0.6 is 0 Å². The average molecular weight is 277 g/mol. The molecule has 0 N–H and O–H groups in total. The number of hydrogen-bond acceptors (Lipinski definition) is 4. The molecule has 0 saturated carbocycles. The summed E-state index contributed by atoms with van der Waals surface area (Å²) in [4.78, 5) is 12.8. The van der Waals surface area contributed by atoms with E-state index in [2.05, 4.69) is 0 Å². The van der Waals surface area contributed by atoms with Gasteiger partial charge in [-0.05, 0) is 27.2 Å². The van der Waals surface area contributed by atoms with E-state index in [9.17, 15) is 4.79 Å². The van der Waals surface area contributed by atoms with E-state index in [1.165, 1.54) is 0 Å². The Labute approximate surface area is 112 Å². The van der Waals surface area contributed by atoms with Gasteiger partial charge in [-0.1, -0.05) is 0 Å². The van der Waals surface area contributed by atoms with Gasteiger partial charge in [0.2, 0.25) is 5.91 Å². The number of nitrogens with zero attached hydrogens (tertiary/aromatic N) is 1. The van der Waals surface area contributed by atoms with Crippen molar-refractivity contribution in [3.05, 3.63) is 0 Å². The molecule has 0 saturated heterocycles. The molecular formula is C12H27NO4Si. The van der Waals surface area contributed by atoms with Gasteiger partial charge in [0.25, 0.3) is 0 Å². The van der Waals surface area contributed by atoms with Gasteiger partial charge in [0.05, 0.1) is 0 Å². The number of carbonyl (C=O) groups is 1. The van der Waals surface area contributed by atoms with Crippen LogP contribution in [0.4, 0.5) is 0 Å². The molecule has 0 aliphatic heterocycles. The van der Waals surface area contributed by atoms with Crippen LogP contribution in [0.5, 0.6) is 0 Å². The fourth-order valence-corrected chi connectivity index (χ4v) is 4.29. The van der Waals surface area contributed by atoms with E-state index in [0.29, 0.717) is 26.4 Å². The molecule has 0 aromatic rings. The lowest BCUT2D eigenvalue weighted by Gasteiger charge is -2.29. The smallest absolute Gasteiger partial charge is 0.374 e. The second-order valence-electron chi connectivity index (χ2n) is 4.03. The maximum atomic E-state index is 11.1. The molecule has 108 valence electrons. The Morgan fingerprint density at radius 3 is 1.83 bits per heavy atom. The van der Waals surface area contributed by atoms with Gasteiger partial charge in [-0.3, -0.25) is 4.79 Å². The molecule has 0 unspecified atom stereocenters. The lowest BCUT2D eigenvalue weighted by atomic mass is 10.4. The van der Waals surface area contributed by atoms with Crippen molar-refractivity contribution in [2.24, 2.45) is 0 Å². The molecule has 1 amide bonds. The van der Waals surface area contributed by atoms with Gasteiger partial charge >= 0.3 is 8.80 Å². The summed E-state index contributed by atoms with van der Waals surface area (Å²) in [6.07, 6.45) is 0.836. The summed E-state index contributed by atoms with van der Waals surface area (Å²) >= 11 is 0. The summed E-state index contributed by atoms with van der Waals surface area (Å²) < 4.78 is 17.2. The quantitative estimate of drug-likeness (QED) is 0.572. The highest BCUT2D eigenvalue weighted by atomic mass is 28.4. The molecule has 0 bridgehead atoms. The summed E-state index contributed by atoms with van der Waals surface area (Å²) in [6, 6.07) is 0.750. The Morgan fingerprint density at radius 2 is 1.50 bits per heavy atom. The first-order chi connectivity index (χ1) is 8.51. The van der Waals surface area contributed by atoms with Crippen molar-refractivity contribution in [3.63, 3.8) is 0 Å². The monoisotopic (exact) mass is 277 g/mol. The number of carbonyl (C=O) groups excluding carboxylic acids is 1. The van der Waals surface area contributed by atoms with Gasteiger partial charge in [0.15, 0.2) is 0 Å². The molecule has 0 rings (SSSR count). The molecular weight excluding hydrogens is 250 g/mol. The third-order valence-corrected chi connectivity index (χ3v) is 5.76. The standard InChI is InChI=1S/C12H27NO4Si/c1-6-15-18(16-7-2,17-8-3)11-9-10-13(5)12(4)14/h6-11H2,1-5H3. The predicted octanol–water partition coefficient (Wildman–Crippen LogP) is 1.90. The molecule has 0 aromatic heterocycles. The first kappa shape index (κ1) is 17.6. The van der Waals surface area contributed by atoms with E-state index < -0.39 is 8.80 Å². The van der Waals surface area contributed by atoms with Crippen LogP contribution in [0.15, 0.2) is 0 Å². The summed E-state index contributed by atoms with van der Waals surface area (Å²) in [7, 11) is -0.736. The largest absolute Gasteiger partial charge is 0.500 e. The molecule has 6 heteroatoms. The highest BCUT2D eigenvalue weighted by Crippen LogP contribution is 2.18. The molecule has 0 radical (unpaired) electrons. The van der Waals surface area contributed by atoms with Crippen molar-refractivity contribution >= 4 is 14.7 Å². The van der Waals surface area contributed by atoms with Crippen LogP contribution in [0, 0.1) is 0 Å². The number of amides is 1. The highest BCUT2D eigenvalue weighted by Gasteiger charge is 2.39. The Bertz CT molecular complexity index is 221. The highest BCUT2D eigenvalue weighted by molar-refractivity contribution is 6.60. The maximum absolute atomic E-state index is 11.1. The first-order valence-corrected chi connectivity index (χ1v) is 8.58. The van der Waals surface area contributed by atoms with E-state index in [4.69, 9.17) is 13.3 Å². The molecule has 0 aromatic carbocycles. The minimum absolute atomic E-state index is 0.0755. The van der Waals surface area contributed by atoms with E-state index in [-0.39, 0.29) is 5.91 Å². The van der Waals surface area contributed by atoms with E-state index in [1.54, 1.807) is 18.9 Å². The Hall–Kier alpha value is -0.433.